The molecule has 0 saturated heterocycles. The van der Waals surface area contributed by atoms with Crippen molar-refractivity contribution in [1.29, 1.82) is 0 Å². The molecule has 0 aliphatic carbocycles. The zero-order valence-electron chi connectivity index (χ0n) is 9.34. The summed E-state index contributed by atoms with van der Waals surface area (Å²) in [4.78, 5) is 2.31. The molecule has 0 bridgehead atoms. The van der Waals surface area contributed by atoms with Crippen LogP contribution in [0.15, 0.2) is 60.7 Å². The van der Waals surface area contributed by atoms with Crippen molar-refractivity contribution in [3.8, 4) is 0 Å². The van der Waals surface area contributed by atoms with Crippen molar-refractivity contribution in [1.82, 2.24) is 0 Å². The van der Waals surface area contributed by atoms with Gasteiger partial charge in [0.05, 0.1) is 5.88 Å². The zero-order valence-corrected chi connectivity index (χ0v) is 10.2. The molecule has 2 aromatic carbocycles. The van der Waals surface area contributed by atoms with Crippen LogP contribution >= 0.6 is 11.8 Å². The lowest BCUT2D eigenvalue weighted by molar-refractivity contribution is 1.17. The van der Waals surface area contributed by atoms with Crippen LogP contribution in [0.2, 0.25) is 0 Å². The maximum absolute atomic E-state index is 2.31. The van der Waals surface area contributed by atoms with Crippen LogP contribution in [0.5, 0.6) is 0 Å². The molecular formula is C14H15NS. The van der Waals surface area contributed by atoms with E-state index >= 15 is 0 Å². The highest BCUT2D eigenvalue weighted by atomic mass is 32.2. The number of thioether (sulfide) groups is 1. The maximum Gasteiger partial charge on any atom is 0.0685 e. The number of anilines is 2. The van der Waals surface area contributed by atoms with Gasteiger partial charge < -0.3 is 4.90 Å². The van der Waals surface area contributed by atoms with Crippen molar-refractivity contribution in [2.45, 2.75) is 0 Å². The second kappa shape index (κ2) is 5.61. The summed E-state index contributed by atoms with van der Waals surface area (Å²) in [5, 5.41) is 0. The Labute approximate surface area is 101 Å². The zero-order chi connectivity index (χ0) is 11.2. The van der Waals surface area contributed by atoms with Crippen LogP contribution in [-0.4, -0.2) is 12.1 Å². The van der Waals surface area contributed by atoms with Crippen LogP contribution in [0.25, 0.3) is 0 Å². The Hall–Kier alpha value is -1.41. The topological polar surface area (TPSA) is 3.24 Å². The molecule has 0 heterocycles. The van der Waals surface area contributed by atoms with Crippen molar-refractivity contribution in [2.24, 2.45) is 0 Å². The molecule has 0 fully saturated rings. The Balaban J connectivity index is 2.31. The van der Waals surface area contributed by atoms with E-state index < -0.39 is 0 Å². The number of rotatable bonds is 4. The summed E-state index contributed by atoms with van der Waals surface area (Å²) in [5.41, 5.74) is 2.48. The van der Waals surface area contributed by atoms with E-state index in [4.69, 9.17) is 0 Å². The fraction of sp³-hybridized carbons (Fsp3) is 0.143. The van der Waals surface area contributed by atoms with E-state index in [9.17, 15) is 0 Å². The number of para-hydroxylation sites is 2. The second-order valence-corrected chi connectivity index (χ2v) is 4.35. The third kappa shape index (κ3) is 2.58. The number of nitrogens with zero attached hydrogens (tertiary/aromatic N) is 1. The lowest BCUT2D eigenvalue weighted by Gasteiger charge is -2.23. The summed E-state index contributed by atoms with van der Waals surface area (Å²) in [5.74, 6) is 0.966. The van der Waals surface area contributed by atoms with Crippen LogP contribution in [-0.2, 0) is 0 Å². The highest BCUT2D eigenvalue weighted by Gasteiger charge is 2.06. The van der Waals surface area contributed by atoms with E-state index in [1.54, 1.807) is 0 Å². The van der Waals surface area contributed by atoms with Gasteiger partial charge in [-0.2, -0.15) is 0 Å². The van der Waals surface area contributed by atoms with Gasteiger partial charge in [-0.1, -0.05) is 36.4 Å². The molecule has 0 N–H and O–H groups in total. The minimum Gasteiger partial charge on any atom is -0.332 e. The third-order valence-corrected chi connectivity index (χ3v) is 2.91. The molecule has 1 nitrogen and oxygen atoms in total. The average molecular weight is 229 g/mol. The molecule has 0 aromatic heterocycles. The van der Waals surface area contributed by atoms with Gasteiger partial charge in [0.15, 0.2) is 0 Å². The van der Waals surface area contributed by atoms with Crippen LogP contribution in [0.3, 0.4) is 0 Å². The van der Waals surface area contributed by atoms with Gasteiger partial charge in [-0.05, 0) is 30.5 Å². The van der Waals surface area contributed by atoms with Gasteiger partial charge in [0.25, 0.3) is 0 Å². The van der Waals surface area contributed by atoms with Gasteiger partial charge in [-0.3, -0.25) is 0 Å². The minimum atomic E-state index is 0.966. The van der Waals surface area contributed by atoms with Crippen molar-refractivity contribution >= 4 is 23.1 Å². The number of hydrogen-bond acceptors (Lipinski definition) is 2. The Morgan fingerprint density at radius 2 is 1.25 bits per heavy atom. The van der Waals surface area contributed by atoms with Gasteiger partial charge in [-0.15, -0.1) is 11.8 Å². The fourth-order valence-corrected chi connectivity index (χ4v) is 2.20. The largest absolute Gasteiger partial charge is 0.332 e. The Bertz CT molecular complexity index is 374. The smallest absolute Gasteiger partial charge is 0.0685 e. The maximum atomic E-state index is 2.31. The SMILES string of the molecule is CSCN(c1ccccc1)c1ccccc1. The molecule has 2 aromatic rings. The normalized spacial score (nSPS) is 10.1. The van der Waals surface area contributed by atoms with Crippen LogP contribution < -0.4 is 4.90 Å². The molecule has 0 aliphatic rings. The molecule has 0 saturated carbocycles. The van der Waals surface area contributed by atoms with E-state index in [1.165, 1.54) is 11.4 Å². The summed E-state index contributed by atoms with van der Waals surface area (Å²) in [6.07, 6.45) is 2.12. The van der Waals surface area contributed by atoms with Gasteiger partial charge in [0.2, 0.25) is 0 Å². The lowest BCUT2D eigenvalue weighted by atomic mass is 10.2. The molecule has 0 aliphatic heterocycles. The molecule has 82 valence electrons. The first kappa shape index (κ1) is 11.1. The minimum absolute atomic E-state index is 0.966. The van der Waals surface area contributed by atoms with Crippen LogP contribution in [0.4, 0.5) is 11.4 Å². The van der Waals surface area contributed by atoms with Crippen LogP contribution in [0, 0.1) is 0 Å². The molecule has 16 heavy (non-hydrogen) atoms. The Kier molecular flexibility index (Phi) is 3.89. The summed E-state index contributed by atoms with van der Waals surface area (Å²) in [6, 6.07) is 21.0. The molecule has 0 unspecified atom stereocenters. The summed E-state index contributed by atoms with van der Waals surface area (Å²) in [7, 11) is 0. The van der Waals surface area contributed by atoms with Gasteiger partial charge in [-0.25, -0.2) is 0 Å². The molecule has 2 rings (SSSR count). The van der Waals surface area contributed by atoms with Crippen molar-refractivity contribution < 1.29 is 0 Å². The van der Waals surface area contributed by atoms with Gasteiger partial charge in [0, 0.05) is 11.4 Å². The molecule has 0 radical (unpaired) electrons. The standard InChI is InChI=1S/C14H15NS/c1-16-12-15(13-8-4-2-5-9-13)14-10-6-3-7-11-14/h2-11H,12H2,1H3. The predicted octanol–water partition coefficient (Wildman–Crippen LogP) is 4.15. The van der Waals surface area contributed by atoms with Gasteiger partial charge >= 0.3 is 0 Å². The summed E-state index contributed by atoms with van der Waals surface area (Å²) < 4.78 is 0. The predicted molar refractivity (Wildman–Crippen MR) is 73.4 cm³/mol. The van der Waals surface area contributed by atoms with E-state index in [2.05, 4.69) is 59.7 Å². The molecular weight excluding hydrogens is 214 g/mol. The summed E-state index contributed by atoms with van der Waals surface area (Å²) in [6.45, 7) is 0. The van der Waals surface area contributed by atoms with Crippen molar-refractivity contribution in [3.05, 3.63) is 60.7 Å². The average Bonchev–Trinajstić information content (AvgIpc) is 2.38. The van der Waals surface area contributed by atoms with Crippen molar-refractivity contribution in [2.75, 3.05) is 17.0 Å². The quantitative estimate of drug-likeness (QED) is 0.725. The first-order chi connectivity index (χ1) is 7.92. The molecule has 0 atom stereocenters. The van der Waals surface area contributed by atoms with E-state index in [0.717, 1.165) is 5.88 Å². The first-order valence-electron chi connectivity index (χ1n) is 5.28. The molecule has 0 spiro atoms. The molecule has 2 heteroatoms. The fourth-order valence-electron chi connectivity index (χ4n) is 1.64. The summed E-state index contributed by atoms with van der Waals surface area (Å²) >= 11 is 1.83. The highest BCUT2D eigenvalue weighted by Crippen LogP contribution is 2.26. The first-order valence-corrected chi connectivity index (χ1v) is 6.68. The van der Waals surface area contributed by atoms with E-state index in [1.807, 2.05) is 23.9 Å². The van der Waals surface area contributed by atoms with Crippen LogP contribution in [0.1, 0.15) is 0 Å². The van der Waals surface area contributed by atoms with E-state index in [0.29, 0.717) is 0 Å². The number of hydrogen-bond donors (Lipinski definition) is 0. The lowest BCUT2D eigenvalue weighted by Crippen LogP contribution is -2.15. The molecule has 0 amide bonds. The number of benzene rings is 2. The van der Waals surface area contributed by atoms with E-state index in [-0.39, 0.29) is 0 Å². The third-order valence-electron chi connectivity index (χ3n) is 2.39. The highest BCUT2D eigenvalue weighted by molar-refractivity contribution is 7.98. The Morgan fingerprint density at radius 1 is 0.812 bits per heavy atom. The van der Waals surface area contributed by atoms with Gasteiger partial charge in [0.1, 0.15) is 0 Å². The Morgan fingerprint density at radius 3 is 1.62 bits per heavy atom. The monoisotopic (exact) mass is 229 g/mol. The second-order valence-electron chi connectivity index (χ2n) is 3.52. The van der Waals surface area contributed by atoms with Crippen molar-refractivity contribution in [3.63, 3.8) is 0 Å².